The Kier molecular flexibility index (Phi) is 7.57. The maximum atomic E-state index is 12.6. The molecule has 9 nitrogen and oxygen atoms in total. The Morgan fingerprint density at radius 3 is 2.44 bits per heavy atom. The number of oxazole rings is 1. The molecule has 3 aromatic rings. The summed E-state index contributed by atoms with van der Waals surface area (Å²) in [5.41, 5.74) is 7.62. The number of hydrogen-bond donors (Lipinski definition) is 2. The van der Waals surface area contributed by atoms with Crippen molar-refractivity contribution in [2.75, 3.05) is 14.2 Å². The van der Waals surface area contributed by atoms with Gasteiger partial charge in [0, 0.05) is 13.5 Å². The van der Waals surface area contributed by atoms with E-state index in [9.17, 15) is 14.4 Å². The number of aryl methyl sites for hydroxylation is 3. The number of hydroxylamine groups is 1. The minimum absolute atomic E-state index is 0.0429. The molecular formula is C25H28N2O7. The number of aromatic nitrogens is 1. The Balaban J connectivity index is 2.21. The number of rotatable bonds is 9. The van der Waals surface area contributed by atoms with Crippen LogP contribution in [-0.2, 0) is 16.7 Å². The maximum absolute atomic E-state index is 12.6. The predicted molar refractivity (Wildman–Crippen MR) is 127 cm³/mol. The number of hydrogen-bond acceptors (Lipinski definition) is 6. The van der Waals surface area contributed by atoms with Crippen LogP contribution in [0.15, 0.2) is 39.6 Å². The second-order valence-corrected chi connectivity index (χ2v) is 7.98. The zero-order chi connectivity index (χ0) is 25.0. The van der Waals surface area contributed by atoms with Gasteiger partial charge in [0.2, 0.25) is 0 Å². The highest BCUT2D eigenvalue weighted by atomic mass is 16.6. The van der Waals surface area contributed by atoms with Crippen molar-refractivity contribution < 1.29 is 28.7 Å². The van der Waals surface area contributed by atoms with Crippen LogP contribution in [0.25, 0.3) is 16.7 Å². The molecule has 0 unspecified atom stereocenters. The van der Waals surface area contributed by atoms with Crippen LogP contribution in [-0.4, -0.2) is 35.8 Å². The number of benzene rings is 2. The zero-order valence-corrected chi connectivity index (χ0v) is 19.9. The molecule has 1 heterocycles. The summed E-state index contributed by atoms with van der Waals surface area (Å²) in [7, 11) is 4.48. The van der Waals surface area contributed by atoms with Gasteiger partial charge in [-0.05, 0) is 78.8 Å². The SMILES string of the molecule is CONC(=O)c1cc(/C(=C\CCCC(=O)O)c2cc(C)c3oc(=O)n(C)c3c2)cc(C)c1OC. The van der Waals surface area contributed by atoms with E-state index in [2.05, 4.69) is 5.48 Å². The molecule has 0 fully saturated rings. The molecule has 2 N–H and O–H groups in total. The molecule has 1 amide bonds. The summed E-state index contributed by atoms with van der Waals surface area (Å²) in [6, 6.07) is 7.37. The van der Waals surface area contributed by atoms with Crippen molar-refractivity contribution in [2.45, 2.75) is 33.1 Å². The Bertz CT molecular complexity index is 1330. The molecule has 0 radical (unpaired) electrons. The summed E-state index contributed by atoms with van der Waals surface area (Å²) < 4.78 is 12.2. The van der Waals surface area contributed by atoms with Crippen LogP contribution in [0.2, 0.25) is 0 Å². The second kappa shape index (κ2) is 10.4. The number of unbranched alkanes of at least 4 members (excludes halogenated alkanes) is 1. The predicted octanol–water partition coefficient (Wildman–Crippen LogP) is 3.73. The third-order valence-corrected chi connectivity index (χ3v) is 5.56. The Labute approximate surface area is 196 Å². The molecule has 0 aliphatic carbocycles. The largest absolute Gasteiger partial charge is 0.496 e. The monoisotopic (exact) mass is 468 g/mol. The number of fused-ring (bicyclic) bond motifs is 1. The van der Waals surface area contributed by atoms with Gasteiger partial charge in [-0.25, -0.2) is 10.3 Å². The average molecular weight is 469 g/mol. The number of carbonyl (C=O) groups is 2. The summed E-state index contributed by atoms with van der Waals surface area (Å²) in [5, 5.41) is 9.01. The fourth-order valence-electron chi connectivity index (χ4n) is 3.97. The number of aliphatic carboxylic acids is 1. The van der Waals surface area contributed by atoms with Gasteiger partial charge >= 0.3 is 11.7 Å². The number of amides is 1. The van der Waals surface area contributed by atoms with Crippen LogP contribution in [0.1, 0.15) is 51.9 Å². The molecule has 180 valence electrons. The summed E-state index contributed by atoms with van der Waals surface area (Å²) in [6.07, 6.45) is 2.95. The van der Waals surface area contributed by atoms with Crippen LogP contribution in [0, 0.1) is 13.8 Å². The van der Waals surface area contributed by atoms with Crippen LogP contribution in [0.3, 0.4) is 0 Å². The normalized spacial score (nSPS) is 11.6. The third kappa shape index (κ3) is 5.04. The molecule has 9 heteroatoms. The van der Waals surface area contributed by atoms with Gasteiger partial charge in [0.1, 0.15) is 5.75 Å². The Morgan fingerprint density at radius 2 is 1.79 bits per heavy atom. The number of methoxy groups -OCH3 is 1. The fourth-order valence-corrected chi connectivity index (χ4v) is 3.97. The van der Waals surface area contributed by atoms with Crippen molar-refractivity contribution >= 4 is 28.5 Å². The lowest BCUT2D eigenvalue weighted by atomic mass is 9.91. The highest BCUT2D eigenvalue weighted by Crippen LogP contribution is 2.34. The van der Waals surface area contributed by atoms with Crippen molar-refractivity contribution in [2.24, 2.45) is 7.05 Å². The van der Waals surface area contributed by atoms with E-state index in [1.807, 2.05) is 38.1 Å². The summed E-state index contributed by atoms with van der Waals surface area (Å²) in [5.74, 6) is -1.36. The van der Waals surface area contributed by atoms with E-state index in [-0.39, 0.29) is 6.42 Å². The molecule has 2 aromatic carbocycles. The molecule has 3 rings (SSSR count). The fraction of sp³-hybridized carbons (Fsp3) is 0.320. The number of ether oxygens (including phenoxy) is 1. The van der Waals surface area contributed by atoms with E-state index in [1.54, 1.807) is 13.1 Å². The highest BCUT2D eigenvalue weighted by molar-refractivity contribution is 5.98. The number of carboxylic acids is 1. The molecule has 0 bridgehead atoms. The molecule has 0 saturated heterocycles. The van der Waals surface area contributed by atoms with Gasteiger partial charge in [-0.1, -0.05) is 6.08 Å². The first-order valence-corrected chi connectivity index (χ1v) is 10.7. The van der Waals surface area contributed by atoms with Crippen LogP contribution >= 0.6 is 0 Å². The molecule has 0 aliphatic heterocycles. The topological polar surface area (TPSA) is 120 Å². The van der Waals surface area contributed by atoms with Crippen molar-refractivity contribution in [3.8, 4) is 5.75 Å². The Hall–Kier alpha value is -3.85. The molecule has 1 aromatic heterocycles. The molecular weight excluding hydrogens is 440 g/mol. The van der Waals surface area contributed by atoms with E-state index in [4.69, 9.17) is 19.1 Å². The summed E-state index contributed by atoms with van der Waals surface area (Å²) in [6.45, 7) is 3.69. The molecule has 0 atom stereocenters. The molecule has 0 saturated carbocycles. The highest BCUT2D eigenvalue weighted by Gasteiger charge is 2.19. The first kappa shape index (κ1) is 24.8. The van der Waals surface area contributed by atoms with Crippen LogP contribution in [0.4, 0.5) is 0 Å². The average Bonchev–Trinajstić information content (AvgIpc) is 3.07. The first-order valence-electron chi connectivity index (χ1n) is 10.7. The first-order chi connectivity index (χ1) is 16.2. The van der Waals surface area contributed by atoms with Gasteiger partial charge in [-0.3, -0.25) is 19.0 Å². The lowest BCUT2D eigenvalue weighted by Gasteiger charge is -2.16. The quantitative estimate of drug-likeness (QED) is 0.363. The number of nitrogens with zero attached hydrogens (tertiary/aromatic N) is 1. The molecule has 0 spiro atoms. The van der Waals surface area contributed by atoms with E-state index < -0.39 is 17.6 Å². The lowest BCUT2D eigenvalue weighted by Crippen LogP contribution is -2.23. The van der Waals surface area contributed by atoms with Crippen molar-refractivity contribution in [1.82, 2.24) is 10.0 Å². The number of allylic oxidation sites excluding steroid dienone is 1. The minimum atomic E-state index is -0.862. The van der Waals surface area contributed by atoms with Crippen LogP contribution < -0.4 is 16.0 Å². The lowest BCUT2D eigenvalue weighted by molar-refractivity contribution is -0.137. The number of carbonyl (C=O) groups excluding carboxylic acids is 1. The summed E-state index contributed by atoms with van der Waals surface area (Å²) in [4.78, 5) is 40.5. The van der Waals surface area contributed by atoms with Gasteiger partial charge in [0.05, 0.1) is 25.3 Å². The van der Waals surface area contributed by atoms with Crippen LogP contribution in [0.5, 0.6) is 5.75 Å². The Morgan fingerprint density at radius 1 is 1.12 bits per heavy atom. The standard InChI is InChI=1S/C25H28N2O7/c1-14-10-16(12-19(22(14)32-4)24(30)26-33-5)18(8-6-7-9-21(28)29)17-11-15(2)23-20(13-17)27(3)25(31)34-23/h8,10-13H,6-7,9H2,1-5H3,(H,26,30)(H,28,29)/b18-8+. The van der Waals surface area contributed by atoms with Gasteiger partial charge in [-0.15, -0.1) is 0 Å². The molecule has 0 aliphatic rings. The third-order valence-electron chi connectivity index (χ3n) is 5.56. The van der Waals surface area contributed by atoms with Gasteiger partial charge in [0.15, 0.2) is 5.58 Å². The van der Waals surface area contributed by atoms with Gasteiger partial charge < -0.3 is 14.3 Å². The summed E-state index contributed by atoms with van der Waals surface area (Å²) >= 11 is 0. The van der Waals surface area contributed by atoms with Crippen molar-refractivity contribution in [3.05, 3.63) is 68.7 Å². The van der Waals surface area contributed by atoms with Gasteiger partial charge in [-0.2, -0.15) is 0 Å². The number of carboxylic acid groups (broad SMARTS) is 1. The van der Waals surface area contributed by atoms with E-state index in [1.165, 1.54) is 18.8 Å². The van der Waals surface area contributed by atoms with E-state index in [0.717, 1.165) is 27.8 Å². The smallest absolute Gasteiger partial charge is 0.419 e. The van der Waals surface area contributed by atoms with E-state index >= 15 is 0 Å². The maximum Gasteiger partial charge on any atom is 0.419 e. The number of nitrogens with one attached hydrogen (secondary N) is 1. The van der Waals surface area contributed by atoms with E-state index in [0.29, 0.717) is 35.3 Å². The zero-order valence-electron chi connectivity index (χ0n) is 19.9. The second-order valence-electron chi connectivity index (χ2n) is 7.98. The van der Waals surface area contributed by atoms with Crippen molar-refractivity contribution in [1.29, 1.82) is 0 Å². The van der Waals surface area contributed by atoms with Crippen molar-refractivity contribution in [3.63, 3.8) is 0 Å². The van der Waals surface area contributed by atoms with Gasteiger partial charge in [0.25, 0.3) is 5.91 Å². The molecule has 34 heavy (non-hydrogen) atoms. The minimum Gasteiger partial charge on any atom is -0.496 e.